The van der Waals surface area contributed by atoms with Gasteiger partial charge < -0.3 is 24.6 Å². The van der Waals surface area contributed by atoms with Gasteiger partial charge in [-0.15, -0.1) is 0 Å². The number of hydrogen-bond donors (Lipinski definition) is 1. The lowest BCUT2D eigenvalue weighted by molar-refractivity contribution is -0.120. The summed E-state index contributed by atoms with van der Waals surface area (Å²) >= 11 is 7.46. The molecule has 2 aliphatic rings. The predicted molar refractivity (Wildman–Crippen MR) is 140 cm³/mol. The number of piperidine rings is 1. The van der Waals surface area contributed by atoms with E-state index in [1.165, 1.54) is 11.5 Å². The Labute approximate surface area is 218 Å². The van der Waals surface area contributed by atoms with Gasteiger partial charge in [0.15, 0.2) is 0 Å². The van der Waals surface area contributed by atoms with Crippen LogP contribution in [0.1, 0.15) is 28.9 Å². The summed E-state index contributed by atoms with van der Waals surface area (Å²) in [5, 5.41) is 4.43. The van der Waals surface area contributed by atoms with Gasteiger partial charge in [-0.3, -0.25) is 9.59 Å². The van der Waals surface area contributed by atoms with Crippen molar-refractivity contribution in [3.05, 3.63) is 40.7 Å². The van der Waals surface area contributed by atoms with E-state index < -0.39 is 0 Å². The Balaban J connectivity index is 1.36. The lowest BCUT2D eigenvalue weighted by Gasteiger charge is -2.35. The number of amides is 2. The molecule has 0 aliphatic carbocycles. The first-order valence-electron chi connectivity index (χ1n) is 12.0. The SMILES string of the molecule is COc1ccc(Cl)cc1NC(=O)C1CCN(c2c(C(=O)N3CCOCC3)cnc3snc(C)c23)CC1. The summed E-state index contributed by atoms with van der Waals surface area (Å²) < 4.78 is 15.3. The summed E-state index contributed by atoms with van der Waals surface area (Å²) in [6.45, 7) is 5.43. The number of nitrogens with one attached hydrogen (secondary N) is 1. The summed E-state index contributed by atoms with van der Waals surface area (Å²) in [4.78, 5) is 36.0. The highest BCUT2D eigenvalue weighted by molar-refractivity contribution is 7.13. The van der Waals surface area contributed by atoms with Crippen molar-refractivity contribution in [3.63, 3.8) is 0 Å². The average molecular weight is 530 g/mol. The molecule has 1 N–H and O–H groups in total. The lowest BCUT2D eigenvalue weighted by Crippen LogP contribution is -2.42. The van der Waals surface area contributed by atoms with Crippen LogP contribution in [0.5, 0.6) is 5.75 Å². The molecular weight excluding hydrogens is 502 g/mol. The fourth-order valence-electron chi connectivity index (χ4n) is 4.84. The van der Waals surface area contributed by atoms with Crippen molar-refractivity contribution in [2.24, 2.45) is 5.92 Å². The summed E-state index contributed by atoms with van der Waals surface area (Å²) in [5.74, 6) is 0.299. The van der Waals surface area contributed by atoms with Crippen LogP contribution >= 0.6 is 23.1 Å². The van der Waals surface area contributed by atoms with Crippen molar-refractivity contribution in [1.82, 2.24) is 14.3 Å². The Morgan fingerprint density at radius 2 is 1.94 bits per heavy atom. The quantitative estimate of drug-likeness (QED) is 0.533. The largest absolute Gasteiger partial charge is 0.495 e. The van der Waals surface area contributed by atoms with Crippen LogP contribution in [-0.2, 0) is 9.53 Å². The normalized spacial score (nSPS) is 16.9. The maximum Gasteiger partial charge on any atom is 0.257 e. The molecule has 9 nitrogen and oxygen atoms in total. The van der Waals surface area contributed by atoms with E-state index in [1.807, 2.05) is 11.8 Å². The number of halogens is 1. The van der Waals surface area contributed by atoms with Gasteiger partial charge in [0.2, 0.25) is 5.91 Å². The van der Waals surface area contributed by atoms with Crippen LogP contribution in [0.3, 0.4) is 0 Å². The van der Waals surface area contributed by atoms with Crippen LogP contribution < -0.4 is 15.0 Å². The van der Waals surface area contributed by atoms with Gasteiger partial charge in [-0.05, 0) is 49.5 Å². The molecule has 0 saturated carbocycles. The highest BCUT2D eigenvalue weighted by atomic mass is 35.5. The number of hydrogen-bond acceptors (Lipinski definition) is 8. The number of benzene rings is 1. The number of carbonyl (C=O) groups is 2. The van der Waals surface area contributed by atoms with Gasteiger partial charge >= 0.3 is 0 Å². The van der Waals surface area contributed by atoms with Gasteiger partial charge in [0.1, 0.15) is 10.6 Å². The second kappa shape index (κ2) is 10.6. The molecule has 0 bridgehead atoms. The minimum atomic E-state index is -0.164. The second-order valence-electron chi connectivity index (χ2n) is 8.97. The van der Waals surface area contributed by atoms with E-state index in [1.54, 1.807) is 31.5 Å². The van der Waals surface area contributed by atoms with Crippen LogP contribution in [0.25, 0.3) is 10.2 Å². The summed E-state index contributed by atoms with van der Waals surface area (Å²) in [7, 11) is 1.56. The lowest BCUT2D eigenvalue weighted by atomic mass is 9.94. The molecule has 4 heterocycles. The van der Waals surface area contributed by atoms with Gasteiger partial charge in [-0.2, -0.15) is 4.37 Å². The van der Waals surface area contributed by atoms with Crippen LogP contribution in [0.15, 0.2) is 24.4 Å². The van der Waals surface area contributed by atoms with Gasteiger partial charge in [-0.25, -0.2) is 4.98 Å². The van der Waals surface area contributed by atoms with Crippen molar-refractivity contribution in [3.8, 4) is 5.75 Å². The highest BCUT2D eigenvalue weighted by Crippen LogP contribution is 2.37. The number of methoxy groups -OCH3 is 1. The molecule has 36 heavy (non-hydrogen) atoms. The number of pyridine rings is 1. The maximum atomic E-state index is 13.5. The zero-order valence-corrected chi connectivity index (χ0v) is 21.8. The van der Waals surface area contributed by atoms with Gasteiger partial charge in [0.05, 0.1) is 48.3 Å². The van der Waals surface area contributed by atoms with Gasteiger partial charge in [-0.1, -0.05) is 11.6 Å². The van der Waals surface area contributed by atoms with Gasteiger partial charge in [0, 0.05) is 43.3 Å². The van der Waals surface area contributed by atoms with Crippen LogP contribution in [0.2, 0.25) is 5.02 Å². The molecule has 0 unspecified atom stereocenters. The van der Waals surface area contributed by atoms with Crippen LogP contribution in [0.4, 0.5) is 11.4 Å². The van der Waals surface area contributed by atoms with Crippen molar-refractivity contribution >= 4 is 56.5 Å². The number of anilines is 2. The van der Waals surface area contributed by atoms with Crippen molar-refractivity contribution in [1.29, 1.82) is 0 Å². The van der Waals surface area contributed by atoms with Crippen LogP contribution in [0, 0.1) is 12.8 Å². The fourth-order valence-corrected chi connectivity index (χ4v) is 5.76. The van der Waals surface area contributed by atoms with E-state index in [9.17, 15) is 9.59 Å². The molecule has 5 rings (SSSR count). The Morgan fingerprint density at radius 1 is 1.19 bits per heavy atom. The summed E-state index contributed by atoms with van der Waals surface area (Å²) in [6.07, 6.45) is 2.98. The zero-order chi connectivity index (χ0) is 25.2. The molecule has 11 heteroatoms. The molecule has 2 amide bonds. The summed E-state index contributed by atoms with van der Waals surface area (Å²) in [5.41, 5.74) is 2.88. The van der Waals surface area contributed by atoms with E-state index in [0.717, 1.165) is 21.6 Å². The molecule has 2 fully saturated rings. The topological polar surface area (TPSA) is 96.9 Å². The van der Waals surface area contributed by atoms with E-state index in [2.05, 4.69) is 19.6 Å². The van der Waals surface area contributed by atoms with Crippen molar-refractivity contribution in [2.75, 3.05) is 56.7 Å². The first-order valence-corrected chi connectivity index (χ1v) is 13.1. The zero-order valence-electron chi connectivity index (χ0n) is 20.3. The van der Waals surface area contributed by atoms with Crippen molar-refractivity contribution in [2.45, 2.75) is 19.8 Å². The van der Waals surface area contributed by atoms with E-state index >= 15 is 0 Å². The average Bonchev–Trinajstić information content (AvgIpc) is 3.29. The molecule has 0 radical (unpaired) electrons. The minimum Gasteiger partial charge on any atom is -0.495 e. The first kappa shape index (κ1) is 24.7. The Hall–Kier alpha value is -2.95. The number of rotatable bonds is 5. The van der Waals surface area contributed by atoms with Crippen LogP contribution in [-0.4, -0.2) is 72.6 Å². The number of carbonyl (C=O) groups excluding carboxylic acids is 2. The molecule has 2 aliphatic heterocycles. The third-order valence-electron chi connectivity index (χ3n) is 6.78. The second-order valence-corrected chi connectivity index (χ2v) is 10.2. The fraction of sp³-hybridized carbons (Fsp3) is 0.440. The monoisotopic (exact) mass is 529 g/mol. The minimum absolute atomic E-state index is 0.0405. The van der Waals surface area contributed by atoms with Crippen molar-refractivity contribution < 1.29 is 19.1 Å². The molecule has 2 aromatic heterocycles. The third-order valence-corrected chi connectivity index (χ3v) is 7.86. The molecule has 0 spiro atoms. The molecular formula is C25H28ClN5O4S. The van der Waals surface area contributed by atoms with Gasteiger partial charge in [0.25, 0.3) is 5.91 Å². The molecule has 1 aromatic carbocycles. The third kappa shape index (κ3) is 4.85. The maximum absolute atomic E-state index is 13.5. The Morgan fingerprint density at radius 3 is 2.67 bits per heavy atom. The molecule has 190 valence electrons. The van der Waals surface area contributed by atoms with E-state index in [0.29, 0.717) is 74.3 Å². The number of aryl methyl sites for hydroxylation is 1. The highest BCUT2D eigenvalue weighted by Gasteiger charge is 2.31. The summed E-state index contributed by atoms with van der Waals surface area (Å²) in [6, 6.07) is 5.15. The number of nitrogens with zero attached hydrogens (tertiary/aromatic N) is 4. The van der Waals surface area contributed by atoms with E-state index in [-0.39, 0.29) is 17.7 Å². The Bertz CT molecular complexity index is 1280. The Kier molecular flexibility index (Phi) is 7.27. The number of aromatic nitrogens is 2. The molecule has 0 atom stereocenters. The number of ether oxygens (including phenoxy) is 2. The number of fused-ring (bicyclic) bond motifs is 1. The molecule has 3 aromatic rings. The van der Waals surface area contributed by atoms with E-state index in [4.69, 9.17) is 21.1 Å². The predicted octanol–water partition coefficient (Wildman–Crippen LogP) is 3.99. The standard InChI is InChI=1S/C25H28ClN5O4S/c1-15-21-22(18(14-27-24(21)36-29-15)25(33)31-9-11-35-12-10-31)30-7-5-16(6-8-30)23(32)28-19-13-17(26)3-4-20(19)34-2/h3-4,13-14,16H,5-12H2,1-2H3,(H,28,32). The number of morpholine rings is 1. The first-order chi connectivity index (χ1) is 17.5. The molecule has 2 saturated heterocycles. The smallest absolute Gasteiger partial charge is 0.257 e.